The summed E-state index contributed by atoms with van der Waals surface area (Å²) < 4.78 is 9.62. The zero-order valence-corrected chi connectivity index (χ0v) is 11.1. The molecule has 0 unspecified atom stereocenters. The molecule has 0 aliphatic rings. The lowest BCUT2D eigenvalue weighted by molar-refractivity contribution is -0.139. The van der Waals surface area contributed by atoms with E-state index in [1.807, 2.05) is 0 Å². The van der Waals surface area contributed by atoms with E-state index in [-0.39, 0.29) is 33.5 Å². The number of rotatable bonds is 10. The van der Waals surface area contributed by atoms with Gasteiger partial charge in [0.25, 0.3) is 0 Å². The first-order valence-corrected chi connectivity index (χ1v) is 6.07. The van der Waals surface area contributed by atoms with Gasteiger partial charge in [-0.25, -0.2) is 0 Å². The minimum absolute atomic E-state index is 0. The van der Waals surface area contributed by atoms with Gasteiger partial charge in [-0.05, 0) is 0 Å². The Kier molecular flexibility index (Phi) is 23.9. The molecular formula is C11H25NO6S. The molecule has 0 saturated carbocycles. The number of ether oxygens (including phenoxy) is 2. The molecule has 19 heavy (non-hydrogen) atoms. The highest BCUT2D eigenvalue weighted by molar-refractivity contribution is 7.80. The predicted octanol–water partition coefficient (Wildman–Crippen LogP) is 0.480. The molecule has 0 heterocycles. The number of nitrogens with two attached hydrogens (primary N) is 1. The second-order valence-electron chi connectivity index (χ2n) is 3.02. The first-order valence-electron chi connectivity index (χ1n) is 5.44. The molecule has 0 aliphatic heterocycles. The van der Waals surface area contributed by atoms with Gasteiger partial charge in [-0.3, -0.25) is 9.59 Å². The maximum Gasteiger partial charge on any atom is 0.305 e. The fraction of sp³-hybridized carbons (Fsp3) is 0.818. The molecule has 116 valence electrons. The molecule has 0 fully saturated rings. The Morgan fingerprint density at radius 1 is 0.947 bits per heavy atom. The number of hydrogen-bond donors (Lipinski definition) is 4. The van der Waals surface area contributed by atoms with Crippen LogP contribution in [0.3, 0.4) is 0 Å². The van der Waals surface area contributed by atoms with Crippen LogP contribution in [0.1, 0.15) is 20.3 Å². The number of carboxylic acids is 2. The zero-order chi connectivity index (χ0) is 14.2. The largest absolute Gasteiger partial charge is 0.481 e. The Balaban J connectivity index is -0.000000256. The van der Waals surface area contributed by atoms with Crippen molar-refractivity contribution in [1.29, 1.82) is 0 Å². The van der Waals surface area contributed by atoms with Crippen molar-refractivity contribution in [3.63, 3.8) is 0 Å². The van der Waals surface area contributed by atoms with Gasteiger partial charge in [0.2, 0.25) is 0 Å². The Bertz CT molecular complexity index is 193. The monoisotopic (exact) mass is 299 g/mol. The van der Waals surface area contributed by atoms with Gasteiger partial charge in [0.15, 0.2) is 0 Å². The molecule has 7 nitrogen and oxygen atoms in total. The Morgan fingerprint density at radius 2 is 1.37 bits per heavy atom. The molecule has 0 aliphatic carbocycles. The summed E-state index contributed by atoms with van der Waals surface area (Å²) in [6, 6.07) is 0. The van der Waals surface area contributed by atoms with Crippen molar-refractivity contribution in [3.8, 4) is 0 Å². The SMILES string of the molecule is C.NCCOCCC(=O)O.O=C(O)CCOCCS. The summed E-state index contributed by atoms with van der Waals surface area (Å²) in [5, 5.41) is 16.2. The third kappa shape index (κ3) is 31.7. The summed E-state index contributed by atoms with van der Waals surface area (Å²) in [5.74, 6) is -1.03. The Hall–Kier alpha value is -0.830. The number of hydrogen-bond acceptors (Lipinski definition) is 6. The molecule has 0 bridgehead atoms. The third-order valence-electron chi connectivity index (χ3n) is 1.42. The van der Waals surface area contributed by atoms with Gasteiger partial charge >= 0.3 is 11.9 Å². The van der Waals surface area contributed by atoms with Crippen LogP contribution in [0.15, 0.2) is 0 Å². The molecule has 0 aromatic carbocycles. The molecule has 8 heteroatoms. The van der Waals surface area contributed by atoms with E-state index in [4.69, 9.17) is 25.4 Å². The lowest BCUT2D eigenvalue weighted by Crippen LogP contribution is -2.10. The fourth-order valence-electron chi connectivity index (χ4n) is 0.671. The highest BCUT2D eigenvalue weighted by atomic mass is 32.1. The zero-order valence-electron chi connectivity index (χ0n) is 10.2. The van der Waals surface area contributed by atoms with Crippen LogP contribution in [0.4, 0.5) is 0 Å². The summed E-state index contributed by atoms with van der Waals surface area (Å²) in [6.45, 7) is 1.95. The normalized spacial score (nSPS) is 8.95. The van der Waals surface area contributed by atoms with Crippen LogP contribution in [-0.2, 0) is 19.1 Å². The van der Waals surface area contributed by atoms with E-state index in [1.165, 1.54) is 0 Å². The van der Waals surface area contributed by atoms with Gasteiger partial charge in [-0.15, -0.1) is 0 Å². The highest BCUT2D eigenvalue weighted by Gasteiger charge is 1.94. The summed E-state index contributed by atoms with van der Waals surface area (Å²) in [5.41, 5.74) is 5.07. The average molecular weight is 299 g/mol. The van der Waals surface area contributed by atoms with Crippen molar-refractivity contribution in [2.75, 3.05) is 38.7 Å². The standard InChI is InChI=1S/C5H11NO3.C5H10O3S.CH4/c6-2-4-9-3-1-5(7)8;6-5(7)1-2-8-3-4-9;/h1-4,6H2,(H,7,8);9H,1-4H2,(H,6,7);1H4. The molecule has 0 aromatic heterocycles. The second-order valence-corrected chi connectivity index (χ2v) is 3.47. The minimum atomic E-state index is -0.841. The van der Waals surface area contributed by atoms with Crippen molar-refractivity contribution < 1.29 is 29.3 Å². The number of carbonyl (C=O) groups is 2. The van der Waals surface area contributed by atoms with Crippen molar-refractivity contribution in [2.24, 2.45) is 5.73 Å². The summed E-state index contributed by atoms with van der Waals surface area (Å²) in [7, 11) is 0. The first-order chi connectivity index (χ1) is 8.54. The van der Waals surface area contributed by atoms with E-state index in [2.05, 4.69) is 12.6 Å². The van der Waals surface area contributed by atoms with Gasteiger partial charge < -0.3 is 25.4 Å². The van der Waals surface area contributed by atoms with Gasteiger partial charge in [0.1, 0.15) is 0 Å². The summed E-state index contributed by atoms with van der Waals surface area (Å²) in [6.07, 6.45) is 0.133. The molecule has 0 radical (unpaired) electrons. The maximum absolute atomic E-state index is 9.86. The van der Waals surface area contributed by atoms with E-state index in [1.54, 1.807) is 0 Å². The molecule has 0 saturated heterocycles. The van der Waals surface area contributed by atoms with Crippen LogP contribution in [-0.4, -0.2) is 60.9 Å². The lowest BCUT2D eigenvalue weighted by atomic mass is 10.5. The van der Waals surface area contributed by atoms with Crippen molar-refractivity contribution in [2.45, 2.75) is 20.3 Å². The van der Waals surface area contributed by atoms with E-state index >= 15 is 0 Å². The fourth-order valence-corrected chi connectivity index (χ4v) is 0.800. The molecule has 0 rings (SSSR count). The summed E-state index contributed by atoms with van der Waals surface area (Å²) in [4.78, 5) is 19.7. The van der Waals surface area contributed by atoms with Gasteiger partial charge in [0.05, 0.1) is 39.3 Å². The molecule has 0 atom stereocenters. The minimum Gasteiger partial charge on any atom is -0.481 e. The molecule has 0 spiro atoms. The molecular weight excluding hydrogens is 274 g/mol. The van der Waals surface area contributed by atoms with Gasteiger partial charge in [0, 0.05) is 12.3 Å². The highest BCUT2D eigenvalue weighted by Crippen LogP contribution is 1.83. The van der Waals surface area contributed by atoms with E-state index < -0.39 is 11.9 Å². The quantitative estimate of drug-likeness (QED) is 0.342. The van der Waals surface area contributed by atoms with Gasteiger partial charge in [-0.2, -0.15) is 12.6 Å². The van der Waals surface area contributed by atoms with Crippen LogP contribution in [0.2, 0.25) is 0 Å². The summed E-state index contributed by atoms with van der Waals surface area (Å²) >= 11 is 3.87. The smallest absolute Gasteiger partial charge is 0.305 e. The maximum atomic E-state index is 9.86. The second kappa shape index (κ2) is 19.5. The van der Waals surface area contributed by atoms with Crippen LogP contribution < -0.4 is 5.73 Å². The van der Waals surface area contributed by atoms with Gasteiger partial charge in [-0.1, -0.05) is 7.43 Å². The first kappa shape index (κ1) is 23.3. The predicted molar refractivity (Wildman–Crippen MR) is 75.8 cm³/mol. The molecule has 4 N–H and O–H groups in total. The Labute approximate surface area is 119 Å². The van der Waals surface area contributed by atoms with Crippen molar-refractivity contribution in [1.82, 2.24) is 0 Å². The van der Waals surface area contributed by atoms with Crippen LogP contribution in [0, 0.1) is 0 Å². The topological polar surface area (TPSA) is 119 Å². The number of thiol groups is 1. The molecule has 0 amide bonds. The Morgan fingerprint density at radius 3 is 1.68 bits per heavy atom. The van der Waals surface area contributed by atoms with Crippen molar-refractivity contribution in [3.05, 3.63) is 0 Å². The van der Waals surface area contributed by atoms with Crippen LogP contribution >= 0.6 is 12.6 Å². The molecule has 0 aromatic rings. The average Bonchev–Trinajstić information content (AvgIpc) is 2.31. The van der Waals surface area contributed by atoms with E-state index in [0.29, 0.717) is 25.5 Å². The van der Waals surface area contributed by atoms with Crippen LogP contribution in [0.25, 0.3) is 0 Å². The number of carboxylic acid groups (broad SMARTS) is 2. The van der Waals surface area contributed by atoms with E-state index in [0.717, 1.165) is 0 Å². The lowest BCUT2D eigenvalue weighted by Gasteiger charge is -1.96. The van der Waals surface area contributed by atoms with E-state index in [9.17, 15) is 9.59 Å². The third-order valence-corrected chi connectivity index (χ3v) is 1.60. The van der Waals surface area contributed by atoms with Crippen LogP contribution in [0.5, 0.6) is 0 Å². The van der Waals surface area contributed by atoms with Crippen molar-refractivity contribution >= 4 is 24.6 Å². The number of aliphatic carboxylic acids is 2.